The number of benzene rings is 1. The van der Waals surface area contributed by atoms with Crippen LogP contribution in [0.2, 0.25) is 0 Å². The summed E-state index contributed by atoms with van der Waals surface area (Å²) in [7, 11) is -3.51. The van der Waals surface area contributed by atoms with E-state index in [1.54, 1.807) is 0 Å². The van der Waals surface area contributed by atoms with Crippen LogP contribution in [0.15, 0.2) is 17.0 Å². The summed E-state index contributed by atoms with van der Waals surface area (Å²) in [5.41, 5.74) is 2.61. The van der Waals surface area contributed by atoms with Gasteiger partial charge in [0.1, 0.15) is 6.29 Å². The molecule has 0 aliphatic carbocycles. The molecule has 0 amide bonds. The molecule has 1 aromatic carbocycles. The molecular formula is C15H21NO3S. The van der Waals surface area contributed by atoms with Gasteiger partial charge in [0.2, 0.25) is 10.0 Å². The minimum Gasteiger partial charge on any atom is -0.303 e. The highest BCUT2D eigenvalue weighted by Crippen LogP contribution is 2.28. The van der Waals surface area contributed by atoms with E-state index in [1.807, 2.05) is 32.9 Å². The quantitative estimate of drug-likeness (QED) is 0.803. The van der Waals surface area contributed by atoms with Crippen molar-refractivity contribution in [3.8, 4) is 0 Å². The fourth-order valence-electron chi connectivity index (χ4n) is 3.01. The molecule has 1 heterocycles. The molecule has 20 heavy (non-hydrogen) atoms. The lowest BCUT2D eigenvalue weighted by molar-refractivity contribution is -0.112. The summed E-state index contributed by atoms with van der Waals surface area (Å²) in [5.74, 6) is -0.176. The highest BCUT2D eigenvalue weighted by Gasteiger charge is 2.32. The Balaban J connectivity index is 2.43. The van der Waals surface area contributed by atoms with Crippen LogP contribution in [0.25, 0.3) is 0 Å². The van der Waals surface area contributed by atoms with Crippen LogP contribution < -0.4 is 0 Å². The zero-order chi connectivity index (χ0) is 14.9. The topological polar surface area (TPSA) is 54.5 Å². The molecule has 1 aliphatic heterocycles. The Morgan fingerprint density at radius 2 is 1.80 bits per heavy atom. The third-order valence-electron chi connectivity index (χ3n) is 3.82. The summed E-state index contributed by atoms with van der Waals surface area (Å²) in [6.45, 7) is 6.42. The summed E-state index contributed by atoms with van der Waals surface area (Å²) < 4.78 is 27.1. The number of piperidine rings is 1. The van der Waals surface area contributed by atoms with E-state index < -0.39 is 10.0 Å². The standard InChI is InChI=1S/C15H21NO3S/c1-11-7-12(2)15(13(3)8-11)20(18,19)16-6-4-5-14(9-16)10-17/h7-8,10,14H,4-6,9H2,1-3H3. The van der Waals surface area contributed by atoms with Crippen LogP contribution in [-0.2, 0) is 14.8 Å². The third kappa shape index (κ3) is 2.79. The van der Waals surface area contributed by atoms with Gasteiger partial charge in [-0.05, 0) is 44.7 Å². The molecule has 2 rings (SSSR count). The summed E-state index contributed by atoms with van der Waals surface area (Å²) in [5, 5.41) is 0. The highest BCUT2D eigenvalue weighted by atomic mass is 32.2. The van der Waals surface area contributed by atoms with Crippen LogP contribution >= 0.6 is 0 Å². The second-order valence-electron chi connectivity index (χ2n) is 5.63. The predicted octanol–water partition coefficient (Wildman–Crippen LogP) is 2.21. The van der Waals surface area contributed by atoms with E-state index in [0.29, 0.717) is 18.0 Å². The van der Waals surface area contributed by atoms with Gasteiger partial charge < -0.3 is 4.79 Å². The lowest BCUT2D eigenvalue weighted by atomic mass is 10.0. The Kier molecular flexibility index (Phi) is 4.30. The van der Waals surface area contributed by atoms with E-state index in [2.05, 4.69) is 0 Å². The number of sulfonamides is 1. The summed E-state index contributed by atoms with van der Waals surface area (Å²) in [4.78, 5) is 11.3. The first-order valence-electron chi connectivity index (χ1n) is 6.89. The Hall–Kier alpha value is -1.20. The fraction of sp³-hybridized carbons (Fsp3) is 0.533. The number of rotatable bonds is 3. The first-order valence-corrected chi connectivity index (χ1v) is 8.33. The normalized spacial score (nSPS) is 20.9. The second kappa shape index (κ2) is 5.66. The van der Waals surface area contributed by atoms with Crippen LogP contribution in [0.1, 0.15) is 29.5 Å². The lowest BCUT2D eigenvalue weighted by Crippen LogP contribution is -2.40. The van der Waals surface area contributed by atoms with Crippen LogP contribution in [0, 0.1) is 26.7 Å². The van der Waals surface area contributed by atoms with Crippen LogP contribution in [-0.4, -0.2) is 32.1 Å². The van der Waals surface area contributed by atoms with Gasteiger partial charge >= 0.3 is 0 Å². The molecule has 0 bridgehead atoms. The monoisotopic (exact) mass is 295 g/mol. The van der Waals surface area contributed by atoms with Gasteiger partial charge in [0.25, 0.3) is 0 Å². The Bertz CT molecular complexity index is 599. The molecular weight excluding hydrogens is 274 g/mol. The number of carbonyl (C=O) groups excluding carboxylic acids is 1. The maximum Gasteiger partial charge on any atom is 0.243 e. The maximum absolute atomic E-state index is 12.8. The molecule has 0 spiro atoms. The van der Waals surface area contributed by atoms with E-state index in [-0.39, 0.29) is 5.92 Å². The van der Waals surface area contributed by atoms with Gasteiger partial charge in [-0.2, -0.15) is 4.31 Å². The molecule has 0 saturated carbocycles. The van der Waals surface area contributed by atoms with Gasteiger partial charge in [0.05, 0.1) is 4.90 Å². The number of carbonyl (C=O) groups is 1. The third-order valence-corrected chi connectivity index (χ3v) is 5.99. The van der Waals surface area contributed by atoms with E-state index in [1.165, 1.54) is 4.31 Å². The molecule has 5 heteroatoms. The summed E-state index contributed by atoms with van der Waals surface area (Å²) in [6.07, 6.45) is 2.39. The number of hydrogen-bond acceptors (Lipinski definition) is 3. The maximum atomic E-state index is 12.8. The van der Waals surface area contributed by atoms with Crippen molar-refractivity contribution in [1.82, 2.24) is 4.31 Å². The van der Waals surface area contributed by atoms with Crippen molar-refractivity contribution in [2.45, 2.75) is 38.5 Å². The van der Waals surface area contributed by atoms with E-state index in [9.17, 15) is 13.2 Å². The van der Waals surface area contributed by atoms with Gasteiger partial charge in [-0.3, -0.25) is 0 Å². The average Bonchev–Trinajstić information content (AvgIpc) is 2.37. The van der Waals surface area contributed by atoms with Crippen molar-refractivity contribution >= 4 is 16.3 Å². The fourth-order valence-corrected chi connectivity index (χ4v) is 4.95. The number of nitrogens with zero attached hydrogens (tertiary/aromatic N) is 1. The summed E-state index contributed by atoms with van der Waals surface area (Å²) >= 11 is 0. The molecule has 1 aromatic rings. The van der Waals surface area contributed by atoms with Crippen molar-refractivity contribution in [2.75, 3.05) is 13.1 Å². The average molecular weight is 295 g/mol. The van der Waals surface area contributed by atoms with Crippen molar-refractivity contribution < 1.29 is 13.2 Å². The van der Waals surface area contributed by atoms with E-state index >= 15 is 0 Å². The van der Waals surface area contributed by atoms with Gasteiger partial charge in [-0.1, -0.05) is 17.7 Å². The predicted molar refractivity (Wildman–Crippen MR) is 78.2 cm³/mol. The van der Waals surface area contributed by atoms with Crippen molar-refractivity contribution in [3.05, 3.63) is 28.8 Å². The van der Waals surface area contributed by atoms with Crippen molar-refractivity contribution in [3.63, 3.8) is 0 Å². The molecule has 4 nitrogen and oxygen atoms in total. The molecule has 1 unspecified atom stereocenters. The number of hydrogen-bond donors (Lipinski definition) is 0. The van der Waals surface area contributed by atoms with Crippen molar-refractivity contribution in [2.24, 2.45) is 5.92 Å². The Morgan fingerprint density at radius 1 is 1.20 bits per heavy atom. The molecule has 0 radical (unpaired) electrons. The smallest absolute Gasteiger partial charge is 0.243 e. The van der Waals surface area contributed by atoms with Crippen LogP contribution in [0.5, 0.6) is 0 Å². The largest absolute Gasteiger partial charge is 0.303 e. The number of aldehydes is 1. The Morgan fingerprint density at radius 3 is 2.35 bits per heavy atom. The van der Waals surface area contributed by atoms with Crippen molar-refractivity contribution in [1.29, 1.82) is 0 Å². The Labute approximate surface area is 120 Å². The summed E-state index contributed by atoms with van der Waals surface area (Å²) in [6, 6.07) is 3.78. The molecule has 1 aliphatic rings. The minimum atomic E-state index is -3.51. The first-order chi connectivity index (χ1) is 9.36. The van der Waals surface area contributed by atoms with E-state index in [0.717, 1.165) is 35.8 Å². The zero-order valence-corrected chi connectivity index (χ0v) is 13.0. The first kappa shape index (κ1) is 15.2. The molecule has 0 N–H and O–H groups in total. The molecule has 0 aromatic heterocycles. The molecule has 110 valence electrons. The van der Waals surface area contributed by atoms with Crippen LogP contribution in [0.4, 0.5) is 0 Å². The number of aryl methyl sites for hydroxylation is 3. The lowest BCUT2D eigenvalue weighted by Gasteiger charge is -2.30. The SMILES string of the molecule is Cc1cc(C)c(S(=O)(=O)N2CCCC(C=O)C2)c(C)c1. The van der Waals surface area contributed by atoms with Gasteiger partial charge in [-0.25, -0.2) is 8.42 Å². The van der Waals surface area contributed by atoms with E-state index in [4.69, 9.17) is 0 Å². The molecule has 1 saturated heterocycles. The second-order valence-corrected chi connectivity index (χ2v) is 7.50. The van der Waals surface area contributed by atoms with Crippen LogP contribution in [0.3, 0.4) is 0 Å². The zero-order valence-electron chi connectivity index (χ0n) is 12.2. The molecule has 1 fully saturated rings. The van der Waals surface area contributed by atoms with Gasteiger partial charge in [0, 0.05) is 19.0 Å². The highest BCUT2D eigenvalue weighted by molar-refractivity contribution is 7.89. The molecule has 1 atom stereocenters. The minimum absolute atomic E-state index is 0.176. The van der Waals surface area contributed by atoms with Gasteiger partial charge in [0.15, 0.2) is 0 Å². The van der Waals surface area contributed by atoms with Gasteiger partial charge in [-0.15, -0.1) is 0 Å².